The number of nitrogens with one attached hydrogen (secondary N) is 2. The molecular weight excluding hydrogens is 232 g/mol. The Morgan fingerprint density at radius 1 is 1.50 bits per heavy atom. The SMILES string of the molecule is NCCc1cc2cc(N=CNC(=O)O)ccc2[nH]1. The number of nitrogens with zero attached hydrogens (tertiary/aromatic N) is 1. The fraction of sp³-hybridized carbons (Fsp3) is 0.167. The van der Waals surface area contributed by atoms with Crippen LogP contribution in [0.1, 0.15) is 5.69 Å². The quantitative estimate of drug-likeness (QED) is 0.486. The Morgan fingerprint density at radius 3 is 3.06 bits per heavy atom. The van der Waals surface area contributed by atoms with Crippen LogP contribution < -0.4 is 11.1 Å². The predicted molar refractivity (Wildman–Crippen MR) is 70.4 cm³/mol. The Kier molecular flexibility index (Phi) is 3.59. The monoisotopic (exact) mass is 246 g/mol. The lowest BCUT2D eigenvalue weighted by atomic mass is 10.2. The van der Waals surface area contributed by atoms with E-state index in [1.807, 2.05) is 24.3 Å². The van der Waals surface area contributed by atoms with Crippen LogP contribution in [0.2, 0.25) is 0 Å². The first-order chi connectivity index (χ1) is 8.69. The van der Waals surface area contributed by atoms with Gasteiger partial charge >= 0.3 is 6.09 Å². The highest BCUT2D eigenvalue weighted by atomic mass is 16.4. The van der Waals surface area contributed by atoms with Crippen molar-refractivity contribution in [1.29, 1.82) is 0 Å². The molecule has 0 fully saturated rings. The number of hydrogen-bond acceptors (Lipinski definition) is 3. The number of hydrogen-bond donors (Lipinski definition) is 4. The number of carbonyl (C=O) groups is 1. The largest absolute Gasteiger partial charge is 0.465 e. The lowest BCUT2D eigenvalue weighted by molar-refractivity contribution is 0.200. The summed E-state index contributed by atoms with van der Waals surface area (Å²) in [7, 11) is 0. The smallest absolute Gasteiger partial charge is 0.409 e. The van der Waals surface area contributed by atoms with Crippen molar-refractivity contribution < 1.29 is 9.90 Å². The molecule has 94 valence electrons. The number of nitrogens with two attached hydrogens (primary N) is 1. The summed E-state index contributed by atoms with van der Waals surface area (Å²) in [6.07, 6.45) is 0.817. The molecule has 6 heteroatoms. The zero-order valence-electron chi connectivity index (χ0n) is 9.68. The second kappa shape index (κ2) is 5.33. The van der Waals surface area contributed by atoms with Crippen molar-refractivity contribution in [2.24, 2.45) is 10.7 Å². The van der Waals surface area contributed by atoms with Crippen molar-refractivity contribution in [2.45, 2.75) is 6.42 Å². The molecule has 0 saturated heterocycles. The van der Waals surface area contributed by atoms with E-state index in [4.69, 9.17) is 10.8 Å². The number of aliphatic imine (C=N–C) groups is 1. The average molecular weight is 246 g/mol. The van der Waals surface area contributed by atoms with Gasteiger partial charge in [0.1, 0.15) is 0 Å². The van der Waals surface area contributed by atoms with Gasteiger partial charge in [-0.05, 0) is 37.2 Å². The van der Waals surface area contributed by atoms with E-state index in [2.05, 4.69) is 15.3 Å². The summed E-state index contributed by atoms with van der Waals surface area (Å²) in [4.78, 5) is 17.5. The van der Waals surface area contributed by atoms with E-state index >= 15 is 0 Å². The number of aromatic nitrogens is 1. The fourth-order valence-electron chi connectivity index (χ4n) is 1.71. The van der Waals surface area contributed by atoms with E-state index in [0.29, 0.717) is 12.2 Å². The molecule has 1 aromatic heterocycles. The minimum Gasteiger partial charge on any atom is -0.465 e. The third-order valence-corrected chi connectivity index (χ3v) is 2.48. The maximum atomic E-state index is 10.3. The van der Waals surface area contributed by atoms with Crippen LogP contribution in [0.25, 0.3) is 10.9 Å². The van der Waals surface area contributed by atoms with E-state index in [0.717, 1.165) is 29.4 Å². The maximum Gasteiger partial charge on any atom is 0.409 e. The minimum atomic E-state index is -1.13. The highest BCUT2D eigenvalue weighted by Gasteiger charge is 2.00. The van der Waals surface area contributed by atoms with Gasteiger partial charge in [-0.1, -0.05) is 0 Å². The van der Waals surface area contributed by atoms with Gasteiger partial charge in [0.05, 0.1) is 12.0 Å². The van der Waals surface area contributed by atoms with Crippen molar-refractivity contribution in [1.82, 2.24) is 10.3 Å². The van der Waals surface area contributed by atoms with Gasteiger partial charge in [0.2, 0.25) is 0 Å². The lowest BCUT2D eigenvalue weighted by Gasteiger charge is -1.94. The molecule has 0 spiro atoms. The van der Waals surface area contributed by atoms with Crippen LogP contribution in [0, 0.1) is 0 Å². The molecule has 5 N–H and O–H groups in total. The first kappa shape index (κ1) is 12.1. The first-order valence-corrected chi connectivity index (χ1v) is 5.53. The van der Waals surface area contributed by atoms with Gasteiger partial charge in [-0.3, -0.25) is 5.32 Å². The third kappa shape index (κ3) is 2.86. The summed E-state index contributed by atoms with van der Waals surface area (Å²) < 4.78 is 0. The number of benzene rings is 1. The van der Waals surface area contributed by atoms with E-state index < -0.39 is 6.09 Å². The molecule has 1 aromatic carbocycles. The molecule has 0 radical (unpaired) electrons. The maximum absolute atomic E-state index is 10.3. The van der Waals surface area contributed by atoms with Crippen LogP contribution in [-0.4, -0.2) is 29.1 Å². The van der Waals surface area contributed by atoms with Gasteiger partial charge in [0, 0.05) is 16.6 Å². The van der Waals surface area contributed by atoms with Crippen molar-refractivity contribution in [3.05, 3.63) is 30.0 Å². The summed E-state index contributed by atoms with van der Waals surface area (Å²) in [5.74, 6) is 0. The van der Waals surface area contributed by atoms with Gasteiger partial charge in [-0.2, -0.15) is 0 Å². The minimum absolute atomic E-state index is 0.598. The van der Waals surface area contributed by atoms with Gasteiger partial charge in [-0.25, -0.2) is 9.79 Å². The Bertz CT molecular complexity index is 589. The number of fused-ring (bicyclic) bond motifs is 1. The normalized spacial score (nSPS) is 11.2. The lowest BCUT2D eigenvalue weighted by Crippen LogP contribution is -2.17. The highest BCUT2D eigenvalue weighted by Crippen LogP contribution is 2.21. The summed E-state index contributed by atoms with van der Waals surface area (Å²) >= 11 is 0. The van der Waals surface area contributed by atoms with Crippen LogP contribution in [0.3, 0.4) is 0 Å². The first-order valence-electron chi connectivity index (χ1n) is 5.53. The Labute approximate surface area is 104 Å². The van der Waals surface area contributed by atoms with E-state index in [1.54, 1.807) is 0 Å². The molecule has 2 aromatic rings. The predicted octanol–water partition coefficient (Wildman–Crippen LogP) is 1.60. The third-order valence-electron chi connectivity index (χ3n) is 2.48. The molecule has 1 amide bonds. The average Bonchev–Trinajstić information content (AvgIpc) is 2.70. The molecule has 18 heavy (non-hydrogen) atoms. The van der Waals surface area contributed by atoms with Crippen LogP contribution in [0.4, 0.5) is 10.5 Å². The van der Waals surface area contributed by atoms with Crippen molar-refractivity contribution in [2.75, 3.05) is 6.54 Å². The molecular formula is C12H14N4O2. The van der Waals surface area contributed by atoms with Crippen LogP contribution in [0.15, 0.2) is 29.3 Å². The van der Waals surface area contributed by atoms with E-state index in [1.165, 1.54) is 0 Å². The molecule has 6 nitrogen and oxygen atoms in total. The molecule has 1 heterocycles. The molecule has 0 aliphatic rings. The van der Waals surface area contributed by atoms with E-state index in [-0.39, 0.29) is 0 Å². The molecule has 2 rings (SSSR count). The van der Waals surface area contributed by atoms with Crippen molar-refractivity contribution in [3.8, 4) is 0 Å². The molecule has 0 atom stereocenters. The fourth-order valence-corrected chi connectivity index (χ4v) is 1.71. The summed E-state index contributed by atoms with van der Waals surface area (Å²) in [6.45, 7) is 0.598. The summed E-state index contributed by atoms with van der Waals surface area (Å²) in [5.41, 5.74) is 8.29. The number of amides is 1. The number of rotatable bonds is 4. The second-order valence-corrected chi connectivity index (χ2v) is 3.81. The molecule has 0 unspecified atom stereocenters. The zero-order valence-corrected chi connectivity index (χ0v) is 9.68. The standard InChI is InChI=1S/C12H14N4O2/c13-4-3-10-6-8-5-9(1-2-11(8)16-10)14-7-15-12(17)18/h1-2,5-7,16H,3-4,13H2,(H,14,15)(H,17,18). The Hall–Kier alpha value is -2.34. The van der Waals surface area contributed by atoms with Crippen LogP contribution >= 0.6 is 0 Å². The van der Waals surface area contributed by atoms with Crippen LogP contribution in [-0.2, 0) is 6.42 Å². The number of carboxylic acid groups (broad SMARTS) is 1. The summed E-state index contributed by atoms with van der Waals surface area (Å²) in [5, 5.41) is 11.5. The van der Waals surface area contributed by atoms with Crippen LogP contribution in [0.5, 0.6) is 0 Å². The van der Waals surface area contributed by atoms with Gasteiger partial charge in [-0.15, -0.1) is 0 Å². The Morgan fingerprint density at radius 2 is 2.33 bits per heavy atom. The van der Waals surface area contributed by atoms with Crippen molar-refractivity contribution >= 4 is 29.0 Å². The molecule has 0 bridgehead atoms. The zero-order chi connectivity index (χ0) is 13.0. The number of aromatic amines is 1. The number of H-pyrrole nitrogens is 1. The highest BCUT2D eigenvalue weighted by molar-refractivity contribution is 5.85. The van der Waals surface area contributed by atoms with Gasteiger partial charge in [0.15, 0.2) is 0 Å². The van der Waals surface area contributed by atoms with E-state index in [9.17, 15) is 4.79 Å². The summed E-state index contributed by atoms with van der Waals surface area (Å²) in [6, 6.07) is 7.62. The second-order valence-electron chi connectivity index (χ2n) is 3.81. The topological polar surface area (TPSA) is 104 Å². The van der Waals surface area contributed by atoms with Crippen molar-refractivity contribution in [3.63, 3.8) is 0 Å². The molecule has 0 saturated carbocycles. The molecule has 0 aliphatic carbocycles. The molecule has 0 aliphatic heterocycles. The Balaban J connectivity index is 2.21. The van der Waals surface area contributed by atoms with Gasteiger partial charge < -0.3 is 15.8 Å². The van der Waals surface area contributed by atoms with Gasteiger partial charge in [0.25, 0.3) is 0 Å².